The van der Waals surface area contributed by atoms with E-state index in [1.165, 1.54) is 5.56 Å². The van der Waals surface area contributed by atoms with Crippen molar-refractivity contribution in [2.75, 3.05) is 19.6 Å². The average molecular weight is 300 g/mol. The Bertz CT molecular complexity index is 431. The lowest BCUT2D eigenvalue weighted by atomic mass is 9.87. The van der Waals surface area contributed by atoms with Crippen LogP contribution in [0.3, 0.4) is 0 Å². The minimum atomic E-state index is -4.15. The van der Waals surface area contributed by atoms with Crippen LogP contribution in [0.25, 0.3) is 0 Å². The molecule has 0 saturated carbocycles. The molecule has 21 heavy (non-hydrogen) atoms. The number of likely N-dealkylation sites (tertiary alicyclic amines) is 1. The Kier molecular flexibility index (Phi) is 5.27. The summed E-state index contributed by atoms with van der Waals surface area (Å²) < 4.78 is 37.2. The van der Waals surface area contributed by atoms with Crippen molar-refractivity contribution in [2.24, 2.45) is 0 Å². The first-order valence-electron chi connectivity index (χ1n) is 7.44. The van der Waals surface area contributed by atoms with Gasteiger partial charge in [0.2, 0.25) is 0 Å². The first kappa shape index (κ1) is 16.3. The molecule has 2 rings (SSSR count). The largest absolute Gasteiger partial charge is 0.401 e. The molecule has 0 spiro atoms. The molecule has 5 heteroatoms. The Morgan fingerprint density at radius 1 is 1.19 bits per heavy atom. The molecule has 0 aromatic heterocycles. The van der Waals surface area contributed by atoms with E-state index in [1.807, 2.05) is 18.2 Å². The maximum Gasteiger partial charge on any atom is 0.401 e. The van der Waals surface area contributed by atoms with Crippen molar-refractivity contribution < 1.29 is 13.2 Å². The van der Waals surface area contributed by atoms with E-state index < -0.39 is 12.7 Å². The van der Waals surface area contributed by atoms with E-state index in [-0.39, 0.29) is 12.0 Å². The van der Waals surface area contributed by atoms with Gasteiger partial charge in [0.1, 0.15) is 0 Å². The highest BCUT2D eigenvalue weighted by molar-refractivity contribution is 5.21. The molecule has 2 nitrogen and oxygen atoms in total. The Hall–Kier alpha value is -1.07. The predicted octanol–water partition coefficient (Wildman–Crippen LogP) is 3.40. The molecular formula is C16H23F3N2. The first-order chi connectivity index (χ1) is 9.85. The third kappa shape index (κ3) is 5.00. The molecule has 118 valence electrons. The number of nitrogens with zero attached hydrogens (tertiary/aromatic N) is 1. The van der Waals surface area contributed by atoms with Gasteiger partial charge in [0.25, 0.3) is 0 Å². The van der Waals surface area contributed by atoms with Crippen molar-refractivity contribution in [2.45, 2.75) is 44.4 Å². The van der Waals surface area contributed by atoms with Gasteiger partial charge in [-0.1, -0.05) is 30.3 Å². The Morgan fingerprint density at radius 3 is 2.43 bits per heavy atom. The van der Waals surface area contributed by atoms with Gasteiger partial charge < -0.3 is 5.32 Å². The zero-order chi connectivity index (χ0) is 15.5. The number of hydrogen-bond donors (Lipinski definition) is 1. The van der Waals surface area contributed by atoms with Crippen LogP contribution < -0.4 is 5.32 Å². The average Bonchev–Trinajstić information content (AvgIpc) is 2.45. The van der Waals surface area contributed by atoms with E-state index in [2.05, 4.69) is 36.2 Å². The summed E-state index contributed by atoms with van der Waals surface area (Å²) in [7, 11) is 0. The second-order valence-corrected chi connectivity index (χ2v) is 6.08. The van der Waals surface area contributed by atoms with E-state index in [9.17, 15) is 13.2 Å². The maximum atomic E-state index is 12.4. The first-order valence-corrected chi connectivity index (χ1v) is 7.44. The van der Waals surface area contributed by atoms with E-state index in [0.717, 1.165) is 13.0 Å². The van der Waals surface area contributed by atoms with Gasteiger partial charge in [0.15, 0.2) is 0 Å². The summed E-state index contributed by atoms with van der Waals surface area (Å²) in [6.07, 6.45) is -3.40. The number of piperidine rings is 1. The number of alkyl halides is 3. The van der Waals surface area contributed by atoms with Crippen molar-refractivity contribution in [3.63, 3.8) is 0 Å². The Labute approximate surface area is 124 Å². The third-order valence-electron chi connectivity index (χ3n) is 4.07. The van der Waals surface area contributed by atoms with Crippen LogP contribution in [0.1, 0.15) is 31.7 Å². The summed E-state index contributed by atoms with van der Waals surface area (Å²) in [6.45, 7) is 4.86. The van der Waals surface area contributed by atoms with Gasteiger partial charge in [-0.25, -0.2) is 0 Å². The molecule has 0 amide bonds. The maximum absolute atomic E-state index is 12.4. The second kappa shape index (κ2) is 6.79. The summed E-state index contributed by atoms with van der Waals surface area (Å²) in [5, 5.41) is 2.68. The molecule has 0 aliphatic carbocycles. The molecule has 1 saturated heterocycles. The summed E-state index contributed by atoms with van der Waals surface area (Å²) in [5.41, 5.74) is 1.21. The van der Waals surface area contributed by atoms with Crippen LogP contribution in [-0.4, -0.2) is 42.8 Å². The fourth-order valence-corrected chi connectivity index (χ4v) is 2.93. The van der Waals surface area contributed by atoms with Crippen molar-refractivity contribution in [1.29, 1.82) is 0 Å². The lowest BCUT2D eigenvalue weighted by molar-refractivity contribution is -0.127. The summed E-state index contributed by atoms with van der Waals surface area (Å²) in [5.74, 6) is 0.285. The fourth-order valence-electron chi connectivity index (χ4n) is 2.93. The summed E-state index contributed by atoms with van der Waals surface area (Å²) >= 11 is 0. The van der Waals surface area contributed by atoms with Crippen LogP contribution in [-0.2, 0) is 0 Å². The number of halogens is 3. The molecule has 2 atom stereocenters. The summed E-state index contributed by atoms with van der Waals surface area (Å²) in [6, 6.07) is 10.3. The van der Waals surface area contributed by atoms with Crippen LogP contribution in [0.15, 0.2) is 30.3 Å². The van der Waals surface area contributed by atoms with E-state index in [1.54, 1.807) is 0 Å². The van der Waals surface area contributed by atoms with E-state index in [4.69, 9.17) is 0 Å². The summed E-state index contributed by atoms with van der Waals surface area (Å²) in [4.78, 5) is 2.26. The van der Waals surface area contributed by atoms with Crippen molar-refractivity contribution in [3.8, 4) is 0 Å². The zero-order valence-electron chi connectivity index (χ0n) is 12.5. The second-order valence-electron chi connectivity index (χ2n) is 6.08. The molecule has 1 heterocycles. The van der Waals surface area contributed by atoms with Crippen LogP contribution in [0.4, 0.5) is 13.2 Å². The molecule has 0 radical (unpaired) electrons. The number of rotatable bonds is 4. The molecule has 2 unspecified atom stereocenters. The van der Waals surface area contributed by atoms with Crippen LogP contribution in [0.2, 0.25) is 0 Å². The predicted molar refractivity (Wildman–Crippen MR) is 78.4 cm³/mol. The van der Waals surface area contributed by atoms with E-state index >= 15 is 0 Å². The van der Waals surface area contributed by atoms with Gasteiger partial charge >= 0.3 is 6.18 Å². The van der Waals surface area contributed by atoms with Crippen LogP contribution in [0.5, 0.6) is 0 Å². The molecule has 1 N–H and O–H groups in total. The van der Waals surface area contributed by atoms with Crippen molar-refractivity contribution in [3.05, 3.63) is 35.9 Å². The Morgan fingerprint density at radius 2 is 1.86 bits per heavy atom. The lowest BCUT2D eigenvalue weighted by Crippen LogP contribution is -2.52. The number of hydrogen-bond acceptors (Lipinski definition) is 2. The minimum Gasteiger partial charge on any atom is -0.305 e. The van der Waals surface area contributed by atoms with Crippen molar-refractivity contribution in [1.82, 2.24) is 10.2 Å². The third-order valence-corrected chi connectivity index (χ3v) is 4.07. The number of benzene rings is 1. The van der Waals surface area contributed by atoms with Gasteiger partial charge in [-0.3, -0.25) is 4.90 Å². The molecule has 1 fully saturated rings. The molecule has 0 bridgehead atoms. The standard InChI is InChI=1S/C16H23F3N2/c1-12(2)21-9-14(13-6-4-3-5-7-13)8-15(10-21)20-11-16(17,18)19/h3-7,12,14-15,20H,8-11H2,1-2H3. The highest BCUT2D eigenvalue weighted by Gasteiger charge is 2.33. The van der Waals surface area contributed by atoms with Crippen LogP contribution >= 0.6 is 0 Å². The minimum absolute atomic E-state index is 0.118. The molecule has 1 aliphatic rings. The quantitative estimate of drug-likeness (QED) is 0.917. The molecule has 1 aromatic rings. The SMILES string of the molecule is CC(C)N1CC(NCC(F)(F)F)CC(c2ccccc2)C1. The van der Waals surface area contributed by atoms with E-state index in [0.29, 0.717) is 12.6 Å². The highest BCUT2D eigenvalue weighted by atomic mass is 19.4. The number of nitrogens with one attached hydrogen (secondary N) is 1. The van der Waals surface area contributed by atoms with Crippen LogP contribution in [0, 0.1) is 0 Å². The molecule has 1 aliphatic heterocycles. The normalized spacial score (nSPS) is 24.5. The van der Waals surface area contributed by atoms with Gasteiger partial charge in [-0.2, -0.15) is 13.2 Å². The molecule has 1 aromatic carbocycles. The monoisotopic (exact) mass is 300 g/mol. The molecular weight excluding hydrogens is 277 g/mol. The highest BCUT2D eigenvalue weighted by Crippen LogP contribution is 2.28. The van der Waals surface area contributed by atoms with Gasteiger partial charge in [0.05, 0.1) is 6.54 Å². The topological polar surface area (TPSA) is 15.3 Å². The zero-order valence-corrected chi connectivity index (χ0v) is 12.5. The lowest BCUT2D eigenvalue weighted by Gasteiger charge is -2.40. The fraction of sp³-hybridized carbons (Fsp3) is 0.625. The van der Waals surface area contributed by atoms with Gasteiger partial charge in [-0.15, -0.1) is 0 Å². The van der Waals surface area contributed by atoms with Gasteiger partial charge in [0, 0.05) is 25.2 Å². The van der Waals surface area contributed by atoms with Crippen molar-refractivity contribution >= 4 is 0 Å². The smallest absolute Gasteiger partial charge is 0.305 e. The Balaban J connectivity index is 2.05. The van der Waals surface area contributed by atoms with Gasteiger partial charge in [-0.05, 0) is 31.7 Å².